The summed E-state index contributed by atoms with van der Waals surface area (Å²) in [6, 6.07) is 3.41. The minimum absolute atomic E-state index is 0.132. The van der Waals surface area contributed by atoms with Crippen molar-refractivity contribution in [1.82, 2.24) is 10.2 Å². The molecule has 190 valence electrons. The zero-order valence-electron chi connectivity index (χ0n) is 19.3. The Bertz CT molecular complexity index is 970. The highest BCUT2D eigenvalue weighted by Gasteiger charge is 2.53. The molecule has 1 aromatic carbocycles. The Morgan fingerprint density at radius 1 is 1.29 bits per heavy atom. The number of likely N-dealkylation sites (tertiary alicyclic amines) is 1. The molecule has 1 aliphatic rings. The van der Waals surface area contributed by atoms with Crippen LogP contribution in [-0.2, 0) is 25.7 Å². The summed E-state index contributed by atoms with van der Waals surface area (Å²) in [6.07, 6.45) is 6.67. The number of halogens is 2. The third-order valence-electron chi connectivity index (χ3n) is 5.50. The maximum Gasteiger partial charge on any atom is 0.333 e. The Kier molecular flexibility index (Phi) is 11.2. The minimum atomic E-state index is -1.25. The number of hydrogen-bond donors (Lipinski definition) is 1. The van der Waals surface area contributed by atoms with Gasteiger partial charge in [0.15, 0.2) is 6.04 Å². The molecule has 2 rings (SSSR count). The number of unbranched alkanes of at least 4 members (excludes halogenated alkanes) is 4. The Hall–Kier alpha value is -2.91. The maximum atomic E-state index is 12.8. The number of esters is 1. The molecular formula is C24H29Cl2N3O6. The first-order valence-electron chi connectivity index (χ1n) is 11.2. The molecule has 0 saturated carbocycles. The van der Waals surface area contributed by atoms with Gasteiger partial charge in [0.25, 0.3) is 11.6 Å². The number of β-lactam (4-membered cyclic amide) rings is 1. The molecule has 11 heteroatoms. The number of non-ortho nitro benzene ring substituents is 1. The zero-order valence-corrected chi connectivity index (χ0v) is 20.8. The third-order valence-corrected chi connectivity index (χ3v) is 6.31. The number of ether oxygens (including phenoxy) is 1. The fraction of sp³-hybridized carbons (Fsp3) is 0.458. The summed E-state index contributed by atoms with van der Waals surface area (Å²) in [6.45, 7) is 7.16. The molecule has 1 heterocycles. The van der Waals surface area contributed by atoms with Crippen LogP contribution in [0, 0.1) is 10.1 Å². The highest BCUT2D eigenvalue weighted by molar-refractivity contribution is 6.27. The Morgan fingerprint density at radius 3 is 2.63 bits per heavy atom. The summed E-state index contributed by atoms with van der Waals surface area (Å²) in [7, 11) is 0. The van der Waals surface area contributed by atoms with Crippen LogP contribution < -0.4 is 5.32 Å². The first-order valence-corrected chi connectivity index (χ1v) is 12.2. The van der Waals surface area contributed by atoms with Crippen molar-refractivity contribution >= 4 is 46.7 Å². The first-order chi connectivity index (χ1) is 16.7. The van der Waals surface area contributed by atoms with Crippen molar-refractivity contribution in [3.63, 3.8) is 0 Å². The lowest BCUT2D eigenvalue weighted by atomic mass is 9.99. The molecule has 35 heavy (non-hydrogen) atoms. The van der Waals surface area contributed by atoms with E-state index in [1.54, 1.807) is 6.07 Å². The van der Waals surface area contributed by atoms with E-state index in [1.165, 1.54) is 18.2 Å². The topological polar surface area (TPSA) is 119 Å². The van der Waals surface area contributed by atoms with Crippen LogP contribution in [0.3, 0.4) is 0 Å². The van der Waals surface area contributed by atoms with Gasteiger partial charge in [-0.25, -0.2) is 4.79 Å². The lowest BCUT2D eigenvalue weighted by Crippen LogP contribution is -2.72. The van der Waals surface area contributed by atoms with Gasteiger partial charge < -0.3 is 15.0 Å². The van der Waals surface area contributed by atoms with Gasteiger partial charge in [-0.15, -0.1) is 18.2 Å². The predicted octanol–water partition coefficient (Wildman–Crippen LogP) is 4.22. The molecule has 1 aliphatic heterocycles. The van der Waals surface area contributed by atoms with Gasteiger partial charge in [-0.05, 0) is 30.4 Å². The third kappa shape index (κ3) is 7.80. The van der Waals surface area contributed by atoms with Gasteiger partial charge >= 0.3 is 5.97 Å². The number of nitro benzene ring substituents is 1. The number of benzene rings is 1. The van der Waals surface area contributed by atoms with Crippen molar-refractivity contribution in [2.45, 2.75) is 62.7 Å². The van der Waals surface area contributed by atoms with Crippen molar-refractivity contribution in [3.8, 4) is 0 Å². The summed E-state index contributed by atoms with van der Waals surface area (Å²) < 4.78 is 5.28. The predicted molar refractivity (Wildman–Crippen MR) is 133 cm³/mol. The van der Waals surface area contributed by atoms with E-state index in [0.717, 1.165) is 30.6 Å². The van der Waals surface area contributed by atoms with E-state index < -0.39 is 34.4 Å². The van der Waals surface area contributed by atoms with Crippen LogP contribution in [-0.4, -0.2) is 51.1 Å². The molecular weight excluding hydrogens is 497 g/mol. The van der Waals surface area contributed by atoms with Crippen molar-refractivity contribution < 1.29 is 24.0 Å². The smallest absolute Gasteiger partial charge is 0.333 e. The number of carbonyl (C=O) groups is 3. The second-order valence-corrected chi connectivity index (χ2v) is 8.85. The fourth-order valence-corrected chi connectivity index (χ4v) is 4.12. The van der Waals surface area contributed by atoms with E-state index >= 15 is 0 Å². The molecule has 0 radical (unpaired) electrons. The second kappa shape index (κ2) is 13.8. The van der Waals surface area contributed by atoms with Crippen LogP contribution in [0.25, 0.3) is 0 Å². The van der Waals surface area contributed by atoms with Gasteiger partial charge in [-0.3, -0.25) is 19.7 Å². The SMILES string of the molecule is C=CCCCCCCC(=O)NC1C(=O)N(C(C(=C)CCl)C(=O)OCc2cccc([N+](=O)[O-])c2)C1Cl. The number of allylic oxidation sites excluding steroid dienone is 1. The molecule has 1 aromatic rings. The molecule has 1 fully saturated rings. The van der Waals surface area contributed by atoms with Crippen LogP contribution in [0.5, 0.6) is 0 Å². The minimum Gasteiger partial charge on any atom is -0.459 e. The Labute approximate surface area is 214 Å². The standard InChI is InChI=1S/C24H29Cl2N3O6/c1-3-4-5-6-7-8-12-19(30)27-20-22(26)28(23(20)31)21(16(2)14-25)24(32)35-15-17-10-9-11-18(13-17)29(33)34/h3,9-11,13,20-22H,1-2,4-8,12,14-15H2,(H,27,30). The van der Waals surface area contributed by atoms with Gasteiger partial charge in [-0.1, -0.05) is 49.2 Å². The van der Waals surface area contributed by atoms with E-state index in [-0.39, 0.29) is 36.1 Å². The van der Waals surface area contributed by atoms with Gasteiger partial charge in [-0.2, -0.15) is 0 Å². The monoisotopic (exact) mass is 525 g/mol. The van der Waals surface area contributed by atoms with Gasteiger partial charge in [0.05, 0.1) is 4.92 Å². The van der Waals surface area contributed by atoms with Crippen molar-refractivity contribution in [2.24, 2.45) is 0 Å². The van der Waals surface area contributed by atoms with Gasteiger partial charge in [0, 0.05) is 24.4 Å². The summed E-state index contributed by atoms with van der Waals surface area (Å²) in [5.74, 6) is -1.80. The molecule has 3 unspecified atom stereocenters. The summed E-state index contributed by atoms with van der Waals surface area (Å²) in [5.41, 5.74) is -0.544. The van der Waals surface area contributed by atoms with Crippen LogP contribution in [0.15, 0.2) is 49.1 Å². The summed E-state index contributed by atoms with van der Waals surface area (Å²) in [4.78, 5) is 49.3. The maximum absolute atomic E-state index is 12.8. The van der Waals surface area contributed by atoms with E-state index in [2.05, 4.69) is 18.5 Å². The van der Waals surface area contributed by atoms with Crippen LogP contribution in [0.2, 0.25) is 0 Å². The molecule has 1 N–H and O–H groups in total. The van der Waals surface area contributed by atoms with Crippen molar-refractivity contribution in [2.75, 3.05) is 5.88 Å². The zero-order chi connectivity index (χ0) is 26.0. The van der Waals surface area contributed by atoms with Crippen LogP contribution >= 0.6 is 23.2 Å². The van der Waals surface area contributed by atoms with Crippen LogP contribution in [0.4, 0.5) is 5.69 Å². The van der Waals surface area contributed by atoms with Crippen LogP contribution in [0.1, 0.15) is 44.1 Å². The van der Waals surface area contributed by atoms with Crippen molar-refractivity contribution in [3.05, 3.63) is 64.8 Å². The number of alkyl halides is 2. The molecule has 9 nitrogen and oxygen atoms in total. The van der Waals surface area contributed by atoms with E-state index in [9.17, 15) is 24.5 Å². The number of carbonyl (C=O) groups excluding carboxylic acids is 3. The number of nitro groups is 1. The lowest BCUT2D eigenvalue weighted by Gasteiger charge is -2.47. The van der Waals surface area contributed by atoms with E-state index in [4.69, 9.17) is 27.9 Å². The van der Waals surface area contributed by atoms with Crippen molar-refractivity contribution in [1.29, 1.82) is 0 Å². The highest BCUT2D eigenvalue weighted by atomic mass is 35.5. The Balaban J connectivity index is 1.94. The lowest BCUT2D eigenvalue weighted by molar-refractivity contribution is -0.384. The molecule has 1 saturated heterocycles. The van der Waals surface area contributed by atoms with E-state index in [1.807, 2.05) is 6.08 Å². The molecule has 0 spiro atoms. The normalized spacial score (nSPS) is 17.8. The summed E-state index contributed by atoms with van der Waals surface area (Å²) >= 11 is 12.2. The number of amides is 2. The van der Waals surface area contributed by atoms with Gasteiger partial charge in [0.2, 0.25) is 5.91 Å². The average Bonchev–Trinajstić information content (AvgIpc) is 2.85. The number of rotatable bonds is 15. The highest BCUT2D eigenvalue weighted by Crippen LogP contribution is 2.30. The summed E-state index contributed by atoms with van der Waals surface area (Å²) in [5, 5.41) is 13.6. The Morgan fingerprint density at radius 2 is 2.00 bits per heavy atom. The molecule has 3 atom stereocenters. The largest absolute Gasteiger partial charge is 0.459 e. The number of hydrogen-bond acceptors (Lipinski definition) is 6. The van der Waals surface area contributed by atoms with E-state index in [0.29, 0.717) is 12.0 Å². The fourth-order valence-electron chi connectivity index (χ4n) is 3.60. The number of nitrogens with one attached hydrogen (secondary N) is 1. The first kappa shape index (κ1) is 28.3. The average molecular weight is 526 g/mol. The molecule has 0 aromatic heterocycles. The quantitative estimate of drug-likeness (QED) is 0.0534. The molecule has 0 bridgehead atoms. The molecule has 0 aliphatic carbocycles. The number of nitrogens with zero attached hydrogens (tertiary/aromatic N) is 2. The molecule has 2 amide bonds. The van der Waals surface area contributed by atoms with Gasteiger partial charge in [0.1, 0.15) is 18.1 Å². The second-order valence-electron chi connectivity index (χ2n) is 8.13.